The molecule has 2 amide bonds. The molecule has 0 bridgehead atoms. The van der Waals surface area contributed by atoms with Crippen LogP contribution in [0, 0.1) is 6.92 Å². The van der Waals surface area contributed by atoms with E-state index in [0.717, 1.165) is 33.3 Å². The summed E-state index contributed by atoms with van der Waals surface area (Å²) in [6.07, 6.45) is 3.25. The van der Waals surface area contributed by atoms with E-state index in [-0.39, 0.29) is 18.4 Å². The van der Waals surface area contributed by atoms with Gasteiger partial charge in [-0.1, -0.05) is 66.2 Å². The molecule has 6 heteroatoms. The largest absolute Gasteiger partial charge is 0.343 e. The number of anilines is 1. The number of nitrogens with one attached hydrogen (secondary N) is 1. The van der Waals surface area contributed by atoms with Gasteiger partial charge in [-0.25, -0.2) is 0 Å². The van der Waals surface area contributed by atoms with Crippen molar-refractivity contribution in [2.75, 3.05) is 11.9 Å². The number of rotatable bonds is 5. The summed E-state index contributed by atoms with van der Waals surface area (Å²) < 4.78 is 2.19. The zero-order valence-corrected chi connectivity index (χ0v) is 20.7. The summed E-state index contributed by atoms with van der Waals surface area (Å²) in [5, 5.41) is 3.95. The molecule has 6 nitrogen and oxygen atoms in total. The molecule has 3 aromatic carbocycles. The van der Waals surface area contributed by atoms with Crippen molar-refractivity contribution < 1.29 is 9.59 Å². The molecular formula is C31H26N4O2. The van der Waals surface area contributed by atoms with E-state index in [0.29, 0.717) is 11.3 Å². The highest BCUT2D eigenvalue weighted by Crippen LogP contribution is 2.46. The van der Waals surface area contributed by atoms with Crippen molar-refractivity contribution in [2.45, 2.75) is 13.0 Å². The third-order valence-corrected chi connectivity index (χ3v) is 7.06. The number of aromatic nitrogens is 2. The Morgan fingerprint density at radius 2 is 1.70 bits per heavy atom. The minimum atomic E-state index is -0.411. The van der Waals surface area contributed by atoms with Crippen molar-refractivity contribution in [1.82, 2.24) is 14.5 Å². The highest BCUT2D eigenvalue weighted by molar-refractivity contribution is 6.05. The molecule has 0 radical (unpaired) electrons. The summed E-state index contributed by atoms with van der Waals surface area (Å²) in [7, 11) is 2.06. The van der Waals surface area contributed by atoms with Crippen LogP contribution in [0.15, 0.2) is 97.3 Å². The van der Waals surface area contributed by atoms with Crippen LogP contribution >= 0.6 is 0 Å². The second-order valence-electron chi connectivity index (χ2n) is 9.42. The van der Waals surface area contributed by atoms with Crippen molar-refractivity contribution in [3.8, 4) is 11.3 Å². The lowest BCUT2D eigenvalue weighted by Gasteiger charge is -2.26. The first-order valence-corrected chi connectivity index (χ1v) is 12.3. The summed E-state index contributed by atoms with van der Waals surface area (Å²) in [6, 6.07) is 27.5. The molecule has 37 heavy (non-hydrogen) atoms. The zero-order chi connectivity index (χ0) is 25.5. The van der Waals surface area contributed by atoms with Gasteiger partial charge in [-0.2, -0.15) is 0 Å². The van der Waals surface area contributed by atoms with Crippen LogP contribution in [-0.2, 0) is 11.8 Å². The molecule has 0 saturated heterocycles. The number of benzene rings is 3. The predicted octanol–water partition coefficient (Wildman–Crippen LogP) is 5.73. The van der Waals surface area contributed by atoms with Gasteiger partial charge in [-0.3, -0.25) is 14.6 Å². The Kier molecular flexibility index (Phi) is 5.57. The van der Waals surface area contributed by atoms with E-state index < -0.39 is 6.04 Å². The van der Waals surface area contributed by atoms with E-state index in [2.05, 4.69) is 65.2 Å². The number of amides is 2. The van der Waals surface area contributed by atoms with E-state index in [1.54, 1.807) is 29.4 Å². The van der Waals surface area contributed by atoms with Gasteiger partial charge in [0.2, 0.25) is 5.91 Å². The van der Waals surface area contributed by atoms with Crippen LogP contribution in [0.2, 0.25) is 0 Å². The normalized spacial score (nSPS) is 14.7. The minimum Gasteiger partial charge on any atom is -0.343 e. The molecule has 0 saturated carbocycles. The van der Waals surface area contributed by atoms with E-state index in [4.69, 9.17) is 0 Å². The summed E-state index contributed by atoms with van der Waals surface area (Å²) in [4.78, 5) is 32.7. The Hall–Kier alpha value is -4.71. The van der Waals surface area contributed by atoms with E-state index in [9.17, 15) is 9.59 Å². The molecule has 0 fully saturated rings. The maximum absolute atomic E-state index is 13.7. The third kappa shape index (κ3) is 3.87. The maximum atomic E-state index is 13.7. The zero-order valence-electron chi connectivity index (χ0n) is 20.7. The van der Waals surface area contributed by atoms with Gasteiger partial charge in [0.05, 0.1) is 23.6 Å². The summed E-state index contributed by atoms with van der Waals surface area (Å²) in [5.41, 5.74) is 7.51. The number of hydrogen-bond donors (Lipinski definition) is 1. The quantitative estimate of drug-likeness (QED) is 0.345. The number of hydrogen-bond acceptors (Lipinski definition) is 3. The molecular weight excluding hydrogens is 460 g/mol. The first-order chi connectivity index (χ1) is 18.0. The van der Waals surface area contributed by atoms with Crippen LogP contribution in [0.1, 0.15) is 33.1 Å². The number of para-hydroxylation sites is 1. The molecule has 5 aromatic rings. The molecule has 1 atom stereocenters. The number of carbonyl (C=O) groups is 2. The molecule has 1 aliphatic heterocycles. The van der Waals surface area contributed by atoms with Crippen molar-refractivity contribution in [3.05, 3.63) is 120 Å². The van der Waals surface area contributed by atoms with Crippen LogP contribution in [0.3, 0.4) is 0 Å². The Balaban J connectivity index is 1.52. The molecule has 1 N–H and O–H groups in total. The lowest BCUT2D eigenvalue weighted by atomic mass is 9.93. The number of pyridine rings is 1. The molecule has 0 spiro atoms. The highest BCUT2D eigenvalue weighted by Gasteiger charge is 2.41. The number of aryl methyl sites for hydroxylation is 2. The van der Waals surface area contributed by atoms with Gasteiger partial charge in [-0.05, 0) is 42.3 Å². The van der Waals surface area contributed by atoms with Crippen LogP contribution in [0.25, 0.3) is 22.2 Å². The van der Waals surface area contributed by atoms with Gasteiger partial charge >= 0.3 is 0 Å². The lowest BCUT2D eigenvalue weighted by molar-refractivity contribution is -0.117. The monoisotopic (exact) mass is 486 g/mol. The highest BCUT2D eigenvalue weighted by atomic mass is 16.2. The second-order valence-corrected chi connectivity index (χ2v) is 9.42. The number of carbonyl (C=O) groups excluding carboxylic acids is 2. The molecule has 0 aliphatic carbocycles. The lowest BCUT2D eigenvalue weighted by Crippen LogP contribution is -2.36. The van der Waals surface area contributed by atoms with Gasteiger partial charge in [0.15, 0.2) is 0 Å². The van der Waals surface area contributed by atoms with Gasteiger partial charge < -0.3 is 14.8 Å². The minimum absolute atomic E-state index is 0.0797. The van der Waals surface area contributed by atoms with Gasteiger partial charge in [0.25, 0.3) is 5.91 Å². The molecule has 182 valence electrons. The Bertz CT molecular complexity index is 1640. The van der Waals surface area contributed by atoms with Crippen LogP contribution < -0.4 is 5.32 Å². The van der Waals surface area contributed by atoms with Crippen LogP contribution in [0.5, 0.6) is 0 Å². The van der Waals surface area contributed by atoms with Crippen molar-refractivity contribution >= 4 is 28.4 Å². The summed E-state index contributed by atoms with van der Waals surface area (Å²) in [5.74, 6) is -0.416. The topological polar surface area (TPSA) is 67.2 Å². The standard InChI is InChI=1S/C31H26N4O2/c1-20-13-15-21(16-14-20)29-28(25-11-5-6-12-26(25)34(29)2)30-23-9-3-4-10-24(23)31(37)35(30)19-27(36)33-22-8-7-17-32-18-22/h3-18,30H,19H2,1-2H3,(H,33,36). The fraction of sp³-hybridized carbons (Fsp3) is 0.129. The van der Waals surface area contributed by atoms with Gasteiger partial charge in [0.1, 0.15) is 6.54 Å². The van der Waals surface area contributed by atoms with Gasteiger partial charge in [-0.15, -0.1) is 0 Å². The summed E-state index contributed by atoms with van der Waals surface area (Å²) >= 11 is 0. The smallest absolute Gasteiger partial charge is 0.255 e. The third-order valence-electron chi connectivity index (χ3n) is 7.06. The van der Waals surface area contributed by atoms with Crippen LogP contribution in [0.4, 0.5) is 5.69 Å². The SMILES string of the molecule is Cc1ccc(-c2c(C3c4ccccc4C(=O)N3CC(=O)Nc3cccnc3)c3ccccc3n2C)cc1. The molecule has 3 heterocycles. The Morgan fingerprint density at radius 3 is 2.49 bits per heavy atom. The molecule has 1 unspecified atom stereocenters. The number of nitrogens with zero attached hydrogens (tertiary/aromatic N) is 3. The second kappa shape index (κ2) is 9.06. The van der Waals surface area contributed by atoms with E-state index in [1.165, 1.54) is 5.56 Å². The van der Waals surface area contributed by atoms with E-state index >= 15 is 0 Å². The van der Waals surface area contributed by atoms with Crippen molar-refractivity contribution in [1.29, 1.82) is 0 Å². The van der Waals surface area contributed by atoms with Crippen molar-refractivity contribution in [3.63, 3.8) is 0 Å². The average Bonchev–Trinajstić information content (AvgIpc) is 3.36. The Morgan fingerprint density at radius 1 is 0.946 bits per heavy atom. The molecule has 6 rings (SSSR count). The Labute approximate surface area is 215 Å². The van der Waals surface area contributed by atoms with Crippen LogP contribution in [-0.4, -0.2) is 32.8 Å². The number of fused-ring (bicyclic) bond motifs is 2. The van der Waals surface area contributed by atoms with E-state index in [1.807, 2.05) is 36.4 Å². The molecule has 2 aromatic heterocycles. The fourth-order valence-electron chi connectivity index (χ4n) is 5.40. The first-order valence-electron chi connectivity index (χ1n) is 12.3. The predicted molar refractivity (Wildman–Crippen MR) is 145 cm³/mol. The van der Waals surface area contributed by atoms with Gasteiger partial charge in [0, 0.05) is 35.3 Å². The van der Waals surface area contributed by atoms with Crippen molar-refractivity contribution in [2.24, 2.45) is 7.05 Å². The molecule has 1 aliphatic rings. The fourth-order valence-corrected chi connectivity index (χ4v) is 5.40. The first kappa shape index (κ1) is 22.7. The maximum Gasteiger partial charge on any atom is 0.255 e. The summed E-state index contributed by atoms with van der Waals surface area (Å²) in [6.45, 7) is 1.99. The average molecular weight is 487 g/mol.